The molecule has 2 rings (SSSR count). The molecule has 0 atom stereocenters. The Hall–Kier alpha value is -0.830. The smallest absolute Gasteiger partial charge is 0.0532 e. The molecule has 1 saturated carbocycles. The lowest BCUT2D eigenvalue weighted by molar-refractivity contribution is 0.277. The van der Waals surface area contributed by atoms with E-state index in [4.69, 9.17) is 0 Å². The Morgan fingerprint density at radius 1 is 1.38 bits per heavy atom. The van der Waals surface area contributed by atoms with Crippen molar-refractivity contribution in [3.05, 3.63) is 18.0 Å². The van der Waals surface area contributed by atoms with Crippen molar-refractivity contribution in [2.24, 2.45) is 5.92 Å². The largest absolute Gasteiger partial charge is 0.310 e. The first-order chi connectivity index (χ1) is 7.88. The maximum absolute atomic E-state index is 3.96. The predicted octanol–water partition coefficient (Wildman–Crippen LogP) is 2.86. The number of aromatic amines is 1. The van der Waals surface area contributed by atoms with Gasteiger partial charge in [0, 0.05) is 24.3 Å². The topological polar surface area (TPSA) is 40.7 Å². The zero-order valence-corrected chi connectivity index (χ0v) is 10.2. The standard InChI is InChI=1S/C13H23N3/c1-2-3-11-4-6-13(7-5-11)14-8-12-9-15-16-10-12/h9-11,13-14H,2-8H2,1H3,(H,15,16). The van der Waals surface area contributed by atoms with Crippen LogP contribution in [0.1, 0.15) is 51.0 Å². The van der Waals surface area contributed by atoms with E-state index in [1.54, 1.807) is 0 Å². The van der Waals surface area contributed by atoms with Crippen LogP contribution in [0.2, 0.25) is 0 Å². The minimum atomic E-state index is 0.725. The van der Waals surface area contributed by atoms with Crippen molar-refractivity contribution in [1.82, 2.24) is 15.5 Å². The van der Waals surface area contributed by atoms with Crippen LogP contribution in [-0.4, -0.2) is 16.2 Å². The normalized spacial score (nSPS) is 25.8. The fourth-order valence-electron chi connectivity index (χ4n) is 2.70. The molecular formula is C13H23N3. The molecule has 0 bridgehead atoms. The van der Waals surface area contributed by atoms with E-state index in [0.29, 0.717) is 0 Å². The maximum Gasteiger partial charge on any atom is 0.0532 e. The van der Waals surface area contributed by atoms with Crippen molar-refractivity contribution < 1.29 is 0 Å². The number of hydrogen-bond donors (Lipinski definition) is 2. The average molecular weight is 221 g/mol. The van der Waals surface area contributed by atoms with Crippen molar-refractivity contribution in [1.29, 1.82) is 0 Å². The highest BCUT2D eigenvalue weighted by Gasteiger charge is 2.19. The zero-order valence-electron chi connectivity index (χ0n) is 10.2. The van der Waals surface area contributed by atoms with Crippen molar-refractivity contribution in [2.45, 2.75) is 58.0 Å². The fourth-order valence-corrected chi connectivity index (χ4v) is 2.70. The van der Waals surface area contributed by atoms with Gasteiger partial charge in [-0.2, -0.15) is 5.10 Å². The van der Waals surface area contributed by atoms with Gasteiger partial charge < -0.3 is 5.32 Å². The van der Waals surface area contributed by atoms with Gasteiger partial charge in [0.25, 0.3) is 0 Å². The average Bonchev–Trinajstić information content (AvgIpc) is 2.82. The monoisotopic (exact) mass is 221 g/mol. The Balaban J connectivity index is 1.65. The molecule has 1 fully saturated rings. The first-order valence-electron chi connectivity index (χ1n) is 6.59. The van der Waals surface area contributed by atoms with E-state index in [2.05, 4.69) is 22.4 Å². The fraction of sp³-hybridized carbons (Fsp3) is 0.769. The molecule has 0 amide bonds. The highest BCUT2D eigenvalue weighted by molar-refractivity contribution is 5.01. The van der Waals surface area contributed by atoms with Crippen LogP contribution < -0.4 is 5.32 Å². The third-order valence-electron chi connectivity index (χ3n) is 3.69. The summed E-state index contributed by atoms with van der Waals surface area (Å²) in [7, 11) is 0. The van der Waals surface area contributed by atoms with E-state index in [9.17, 15) is 0 Å². The third-order valence-corrected chi connectivity index (χ3v) is 3.69. The molecule has 0 aliphatic heterocycles. The van der Waals surface area contributed by atoms with Gasteiger partial charge in [-0.3, -0.25) is 5.10 Å². The lowest BCUT2D eigenvalue weighted by Crippen LogP contribution is -2.32. The molecule has 0 spiro atoms. The molecule has 0 saturated heterocycles. The summed E-state index contributed by atoms with van der Waals surface area (Å²) in [4.78, 5) is 0. The second-order valence-corrected chi connectivity index (χ2v) is 4.99. The van der Waals surface area contributed by atoms with Gasteiger partial charge in [-0.1, -0.05) is 19.8 Å². The Bertz CT molecular complexity index is 273. The van der Waals surface area contributed by atoms with Gasteiger partial charge in [0.2, 0.25) is 0 Å². The van der Waals surface area contributed by atoms with E-state index in [-0.39, 0.29) is 0 Å². The number of aromatic nitrogens is 2. The van der Waals surface area contributed by atoms with Gasteiger partial charge in [-0.25, -0.2) is 0 Å². The summed E-state index contributed by atoms with van der Waals surface area (Å²) < 4.78 is 0. The summed E-state index contributed by atoms with van der Waals surface area (Å²) in [5, 5.41) is 10.4. The zero-order chi connectivity index (χ0) is 11.2. The molecule has 0 unspecified atom stereocenters. The number of rotatable bonds is 5. The number of nitrogens with one attached hydrogen (secondary N) is 2. The van der Waals surface area contributed by atoms with Crippen LogP contribution in [0.5, 0.6) is 0 Å². The molecular weight excluding hydrogens is 198 g/mol. The molecule has 1 aliphatic rings. The van der Waals surface area contributed by atoms with Crippen LogP contribution in [0.15, 0.2) is 12.4 Å². The Kier molecular flexibility index (Phi) is 4.40. The van der Waals surface area contributed by atoms with E-state index in [1.165, 1.54) is 44.1 Å². The van der Waals surface area contributed by atoms with Crippen LogP contribution in [0.4, 0.5) is 0 Å². The quantitative estimate of drug-likeness (QED) is 0.802. The van der Waals surface area contributed by atoms with Crippen LogP contribution >= 0.6 is 0 Å². The van der Waals surface area contributed by atoms with Gasteiger partial charge in [0.05, 0.1) is 6.20 Å². The lowest BCUT2D eigenvalue weighted by Gasteiger charge is -2.28. The van der Waals surface area contributed by atoms with Crippen LogP contribution in [-0.2, 0) is 6.54 Å². The Morgan fingerprint density at radius 2 is 2.19 bits per heavy atom. The van der Waals surface area contributed by atoms with Gasteiger partial charge in [0.1, 0.15) is 0 Å². The summed E-state index contributed by atoms with van der Waals surface area (Å²) in [6.45, 7) is 3.25. The highest BCUT2D eigenvalue weighted by atomic mass is 15.1. The molecule has 1 heterocycles. The van der Waals surface area contributed by atoms with Crippen molar-refractivity contribution in [2.75, 3.05) is 0 Å². The Morgan fingerprint density at radius 3 is 2.81 bits per heavy atom. The highest BCUT2D eigenvalue weighted by Crippen LogP contribution is 2.27. The van der Waals surface area contributed by atoms with E-state index in [1.807, 2.05) is 12.4 Å². The summed E-state index contributed by atoms with van der Waals surface area (Å²) >= 11 is 0. The molecule has 1 aromatic heterocycles. The van der Waals surface area contributed by atoms with E-state index >= 15 is 0 Å². The van der Waals surface area contributed by atoms with E-state index < -0.39 is 0 Å². The van der Waals surface area contributed by atoms with Crippen molar-refractivity contribution in [3.63, 3.8) is 0 Å². The third kappa shape index (κ3) is 3.34. The molecule has 16 heavy (non-hydrogen) atoms. The summed E-state index contributed by atoms with van der Waals surface area (Å²) in [5.41, 5.74) is 1.26. The number of hydrogen-bond acceptors (Lipinski definition) is 2. The predicted molar refractivity (Wildman–Crippen MR) is 66.1 cm³/mol. The number of H-pyrrole nitrogens is 1. The second kappa shape index (κ2) is 6.04. The van der Waals surface area contributed by atoms with Crippen LogP contribution in [0.3, 0.4) is 0 Å². The summed E-state index contributed by atoms with van der Waals surface area (Å²) in [6.07, 6.45) is 12.2. The lowest BCUT2D eigenvalue weighted by atomic mass is 9.83. The second-order valence-electron chi connectivity index (χ2n) is 4.99. The molecule has 1 aliphatic carbocycles. The maximum atomic E-state index is 3.96. The van der Waals surface area contributed by atoms with Crippen LogP contribution in [0, 0.1) is 5.92 Å². The molecule has 90 valence electrons. The van der Waals surface area contributed by atoms with Gasteiger partial charge in [-0.05, 0) is 31.6 Å². The molecule has 3 nitrogen and oxygen atoms in total. The molecule has 1 aromatic rings. The first-order valence-corrected chi connectivity index (χ1v) is 6.59. The Labute approximate surface area is 98.0 Å². The minimum absolute atomic E-state index is 0.725. The van der Waals surface area contributed by atoms with Gasteiger partial charge in [-0.15, -0.1) is 0 Å². The molecule has 2 N–H and O–H groups in total. The summed E-state index contributed by atoms with van der Waals surface area (Å²) in [5.74, 6) is 0.997. The SMILES string of the molecule is CCCC1CCC(NCc2cn[nH]c2)CC1. The molecule has 3 heteroatoms. The van der Waals surface area contributed by atoms with Crippen molar-refractivity contribution >= 4 is 0 Å². The first kappa shape index (κ1) is 11.6. The van der Waals surface area contributed by atoms with Gasteiger partial charge >= 0.3 is 0 Å². The molecule has 0 aromatic carbocycles. The van der Waals surface area contributed by atoms with Crippen LogP contribution in [0.25, 0.3) is 0 Å². The molecule has 0 radical (unpaired) electrons. The summed E-state index contributed by atoms with van der Waals surface area (Å²) in [6, 6.07) is 0.725. The van der Waals surface area contributed by atoms with Gasteiger partial charge in [0.15, 0.2) is 0 Å². The van der Waals surface area contributed by atoms with E-state index in [0.717, 1.165) is 18.5 Å². The number of nitrogens with zero attached hydrogens (tertiary/aromatic N) is 1. The minimum Gasteiger partial charge on any atom is -0.310 e. The van der Waals surface area contributed by atoms with Crippen molar-refractivity contribution in [3.8, 4) is 0 Å².